The maximum Gasteiger partial charge on any atom is 0.262 e. The first-order valence-corrected chi connectivity index (χ1v) is 13.3. The molecule has 0 saturated heterocycles. The summed E-state index contributed by atoms with van der Waals surface area (Å²) in [5.41, 5.74) is 3.70. The number of ether oxygens (including phenoxy) is 3. The Kier molecular flexibility index (Phi) is 6.65. The van der Waals surface area contributed by atoms with Crippen molar-refractivity contribution in [2.24, 2.45) is 0 Å². The zero-order chi connectivity index (χ0) is 30.6. The van der Waals surface area contributed by atoms with Gasteiger partial charge in [-0.1, -0.05) is 12.1 Å². The van der Waals surface area contributed by atoms with E-state index in [0.29, 0.717) is 67.1 Å². The van der Waals surface area contributed by atoms with Gasteiger partial charge < -0.3 is 39.1 Å². The van der Waals surface area contributed by atoms with Gasteiger partial charge in [0.05, 0.1) is 21.3 Å². The van der Waals surface area contributed by atoms with Crippen LogP contribution in [0.2, 0.25) is 0 Å². The highest BCUT2D eigenvalue weighted by Crippen LogP contribution is 2.48. The second kappa shape index (κ2) is 10.4. The Labute approximate surface area is 245 Å². The molecule has 0 aliphatic heterocycles. The third-order valence-electron chi connectivity index (χ3n) is 7.70. The van der Waals surface area contributed by atoms with E-state index >= 15 is 0 Å². The van der Waals surface area contributed by atoms with Gasteiger partial charge in [0.2, 0.25) is 0 Å². The smallest absolute Gasteiger partial charge is 0.262 e. The van der Waals surface area contributed by atoms with Gasteiger partial charge in [0, 0.05) is 51.4 Å². The van der Waals surface area contributed by atoms with Crippen molar-refractivity contribution in [1.82, 2.24) is 0 Å². The molecule has 5 aromatic carbocycles. The molecule has 0 aliphatic carbocycles. The number of hydrogen-bond acceptors (Lipinski definition) is 9. The van der Waals surface area contributed by atoms with Crippen molar-refractivity contribution in [3.05, 3.63) is 87.6 Å². The van der Waals surface area contributed by atoms with E-state index in [1.165, 1.54) is 45.6 Å². The molecule has 0 saturated carbocycles. The topological polar surface area (TPSA) is 139 Å². The minimum absolute atomic E-state index is 0.00405. The molecule has 6 aromatic rings. The fourth-order valence-corrected chi connectivity index (χ4v) is 5.67. The summed E-state index contributed by atoms with van der Waals surface area (Å²) in [7, 11) is 4.30. The number of phenolic OH excluding ortho intramolecular Hbond substituents is 4. The summed E-state index contributed by atoms with van der Waals surface area (Å²) in [6.45, 7) is 1.81. The highest BCUT2D eigenvalue weighted by atomic mass is 16.5. The number of aromatic hydroxyl groups is 4. The van der Waals surface area contributed by atoms with Gasteiger partial charge in [-0.2, -0.15) is 0 Å². The molecule has 0 atom stereocenters. The lowest BCUT2D eigenvalue weighted by atomic mass is 9.86. The van der Waals surface area contributed by atoms with Crippen LogP contribution in [0.4, 0.5) is 0 Å². The Hall–Kier alpha value is -5.57. The van der Waals surface area contributed by atoms with Crippen LogP contribution >= 0.6 is 0 Å². The molecule has 1 aromatic heterocycles. The molecule has 0 amide bonds. The summed E-state index contributed by atoms with van der Waals surface area (Å²) in [4.78, 5) is 13.5. The van der Waals surface area contributed by atoms with Crippen LogP contribution in [0.1, 0.15) is 16.7 Å². The van der Waals surface area contributed by atoms with Gasteiger partial charge in [0.1, 0.15) is 28.4 Å². The molecular formula is C34H28O9. The highest BCUT2D eigenvalue weighted by molar-refractivity contribution is 6.19. The summed E-state index contributed by atoms with van der Waals surface area (Å²) in [6, 6.07) is 16.2. The van der Waals surface area contributed by atoms with E-state index < -0.39 is 5.43 Å². The summed E-state index contributed by atoms with van der Waals surface area (Å²) < 4.78 is 23.4. The lowest BCUT2D eigenvalue weighted by Gasteiger charge is -2.21. The monoisotopic (exact) mass is 580 g/mol. The summed E-state index contributed by atoms with van der Waals surface area (Å²) in [5, 5.41) is 43.0. The van der Waals surface area contributed by atoms with Crippen molar-refractivity contribution in [3.63, 3.8) is 0 Å². The number of phenols is 4. The normalized spacial score (nSPS) is 11.3. The molecule has 0 spiro atoms. The minimum Gasteiger partial charge on any atom is -0.508 e. The van der Waals surface area contributed by atoms with E-state index in [1.54, 1.807) is 31.2 Å². The fourth-order valence-electron chi connectivity index (χ4n) is 5.67. The third-order valence-corrected chi connectivity index (χ3v) is 7.70. The Balaban J connectivity index is 1.90. The summed E-state index contributed by atoms with van der Waals surface area (Å²) in [6.07, 6.45) is 0.315. The van der Waals surface area contributed by atoms with Gasteiger partial charge in [0.15, 0.2) is 23.0 Å². The number of aryl methyl sites for hydroxylation is 1. The van der Waals surface area contributed by atoms with E-state index in [-0.39, 0.29) is 34.5 Å². The van der Waals surface area contributed by atoms with Gasteiger partial charge in [-0.05, 0) is 59.8 Å². The van der Waals surface area contributed by atoms with Crippen molar-refractivity contribution in [2.45, 2.75) is 13.3 Å². The molecule has 9 heteroatoms. The van der Waals surface area contributed by atoms with Crippen molar-refractivity contribution in [1.29, 1.82) is 0 Å². The van der Waals surface area contributed by atoms with Crippen molar-refractivity contribution in [2.75, 3.05) is 21.3 Å². The number of benzene rings is 5. The number of hydrogen-bond donors (Lipinski definition) is 4. The molecule has 1 heterocycles. The number of methoxy groups -OCH3 is 3. The van der Waals surface area contributed by atoms with Crippen LogP contribution < -0.4 is 19.6 Å². The van der Waals surface area contributed by atoms with Gasteiger partial charge in [-0.15, -0.1) is 0 Å². The largest absolute Gasteiger partial charge is 0.508 e. The maximum absolute atomic E-state index is 13.5. The number of rotatable bonds is 6. The molecular weight excluding hydrogens is 552 g/mol. The highest BCUT2D eigenvalue weighted by Gasteiger charge is 2.26. The van der Waals surface area contributed by atoms with Gasteiger partial charge in [0.25, 0.3) is 5.43 Å². The van der Waals surface area contributed by atoms with Crippen LogP contribution in [-0.2, 0) is 6.42 Å². The first-order chi connectivity index (χ1) is 20.6. The third kappa shape index (κ3) is 4.46. The van der Waals surface area contributed by atoms with Crippen LogP contribution in [0, 0.1) is 6.92 Å². The van der Waals surface area contributed by atoms with Gasteiger partial charge in [-0.25, -0.2) is 0 Å². The quantitative estimate of drug-likeness (QED) is 0.0986. The second-order valence-corrected chi connectivity index (χ2v) is 10.3. The molecule has 9 nitrogen and oxygen atoms in total. The predicted molar refractivity (Wildman–Crippen MR) is 163 cm³/mol. The lowest BCUT2D eigenvalue weighted by Crippen LogP contribution is -2.10. The molecule has 0 aliphatic rings. The standard InChI is InChI=1S/C34H28O9/c1-16-9-17(5-8-24(16)36)10-22-30(20-7-6-19(35)13-28(20)40-2)21-14-29(41-3)32(39)34(42-4)31(21)23-11-18-12-25(37)26(38)15-27(18)43-33(22)23/h5-9,11-15,35-38H,10H2,1-4H3. The Morgan fingerprint density at radius 2 is 1.49 bits per heavy atom. The van der Waals surface area contributed by atoms with E-state index in [1.807, 2.05) is 12.1 Å². The summed E-state index contributed by atoms with van der Waals surface area (Å²) in [5.74, 6) is -0.0413. The molecule has 0 fully saturated rings. The van der Waals surface area contributed by atoms with E-state index in [4.69, 9.17) is 18.6 Å². The zero-order valence-corrected chi connectivity index (χ0v) is 23.8. The number of fused-ring (bicyclic) bond motifs is 4. The van der Waals surface area contributed by atoms with Crippen LogP contribution in [0.5, 0.6) is 40.2 Å². The van der Waals surface area contributed by atoms with Gasteiger partial charge >= 0.3 is 0 Å². The fraction of sp³-hybridized carbons (Fsp3) is 0.147. The van der Waals surface area contributed by atoms with E-state index in [2.05, 4.69) is 0 Å². The first kappa shape index (κ1) is 27.6. The van der Waals surface area contributed by atoms with Crippen LogP contribution in [0.15, 0.2) is 69.9 Å². The van der Waals surface area contributed by atoms with Crippen LogP contribution in [-0.4, -0.2) is 41.8 Å². The van der Waals surface area contributed by atoms with Crippen LogP contribution in [0.3, 0.4) is 0 Å². The Morgan fingerprint density at radius 3 is 2.19 bits per heavy atom. The molecule has 43 heavy (non-hydrogen) atoms. The van der Waals surface area contributed by atoms with Crippen LogP contribution in [0.25, 0.3) is 43.8 Å². The van der Waals surface area contributed by atoms with Gasteiger partial charge in [-0.3, -0.25) is 4.79 Å². The first-order valence-electron chi connectivity index (χ1n) is 13.3. The molecule has 218 valence electrons. The Bertz CT molecular complexity index is 2140. The molecule has 0 bridgehead atoms. The maximum atomic E-state index is 13.5. The SMILES string of the molecule is COc1cc(O)ccc1-c1c(Cc2ccc(O)c(C)c2)c2oc3cc(O)c(O)cc3cc2c2c(OC)c(=O)c(OC)cc12. The molecule has 0 unspecified atom stereocenters. The van der Waals surface area contributed by atoms with Crippen molar-refractivity contribution < 1.29 is 39.1 Å². The lowest BCUT2D eigenvalue weighted by molar-refractivity contribution is 0.391. The molecule has 6 rings (SSSR count). The Morgan fingerprint density at radius 1 is 0.744 bits per heavy atom. The molecule has 0 radical (unpaired) electrons. The van der Waals surface area contributed by atoms with E-state index in [9.17, 15) is 25.2 Å². The summed E-state index contributed by atoms with van der Waals surface area (Å²) >= 11 is 0. The average molecular weight is 581 g/mol. The minimum atomic E-state index is -0.460. The zero-order valence-electron chi connectivity index (χ0n) is 23.8. The average Bonchev–Trinajstić information content (AvgIpc) is 2.99. The predicted octanol–water partition coefficient (Wildman–Crippen LogP) is 6.51. The van der Waals surface area contributed by atoms with E-state index in [0.717, 1.165) is 5.56 Å². The molecule has 4 N–H and O–H groups in total. The van der Waals surface area contributed by atoms with Crippen molar-refractivity contribution >= 4 is 32.7 Å². The van der Waals surface area contributed by atoms with Crippen molar-refractivity contribution in [3.8, 4) is 51.4 Å². The second-order valence-electron chi connectivity index (χ2n) is 10.3.